The van der Waals surface area contributed by atoms with Crippen molar-refractivity contribution in [1.82, 2.24) is 5.32 Å². The van der Waals surface area contributed by atoms with E-state index >= 15 is 0 Å². The predicted molar refractivity (Wildman–Crippen MR) is 152 cm³/mol. The average Bonchev–Trinajstić information content (AvgIpc) is 2.87. The molecule has 0 saturated carbocycles. The summed E-state index contributed by atoms with van der Waals surface area (Å²) in [6.07, 6.45) is 29.1. The lowest BCUT2D eigenvalue weighted by atomic mass is 10.0. The molecular formula is C31H55NO5. The van der Waals surface area contributed by atoms with Gasteiger partial charge in [-0.2, -0.15) is 0 Å². The molecule has 0 aromatic carbocycles. The van der Waals surface area contributed by atoms with Crippen LogP contribution < -0.4 is 5.32 Å². The smallest absolute Gasteiger partial charge is 0.322 e. The summed E-state index contributed by atoms with van der Waals surface area (Å²) in [4.78, 5) is 34.4. The number of nitrogens with one attached hydrogen (secondary N) is 1. The maximum atomic E-state index is 12.3. The number of allylic oxidation sites excluding steroid dienone is 4. The van der Waals surface area contributed by atoms with Gasteiger partial charge in [0.1, 0.15) is 12.6 Å². The first kappa shape index (κ1) is 34.9. The van der Waals surface area contributed by atoms with Crippen LogP contribution in [0.2, 0.25) is 0 Å². The third kappa shape index (κ3) is 26.8. The molecule has 1 amide bonds. The molecule has 6 nitrogen and oxygen atoms in total. The van der Waals surface area contributed by atoms with Crippen molar-refractivity contribution in [2.75, 3.05) is 6.54 Å². The summed E-state index contributed by atoms with van der Waals surface area (Å²) in [6, 6.07) is 0. The summed E-state index contributed by atoms with van der Waals surface area (Å²) in [7, 11) is 0. The molecule has 0 aliphatic heterocycles. The molecule has 6 heteroatoms. The van der Waals surface area contributed by atoms with Gasteiger partial charge in [0.2, 0.25) is 5.91 Å². The minimum Gasteiger partial charge on any atom is -0.480 e. The summed E-state index contributed by atoms with van der Waals surface area (Å²) in [5.74, 6) is -1.35. The van der Waals surface area contributed by atoms with Crippen LogP contribution in [0.3, 0.4) is 0 Å². The van der Waals surface area contributed by atoms with Gasteiger partial charge in [0, 0.05) is 12.8 Å². The standard InChI is InChI=1S/C31H55NO5/c1-3-5-7-8-9-10-11-12-13-14-15-16-17-18-22-26-31(36)37-28(23-6-4-2)24-20-19-21-25-29(33)32-27-30(34)35/h9-10,12-13,28H,3-8,11,14-27H2,1-2H3,(H,32,33)(H,34,35)/b10-9-,13-12-. The average molecular weight is 522 g/mol. The number of aliphatic carboxylic acids is 1. The number of esters is 1. The largest absolute Gasteiger partial charge is 0.480 e. The van der Waals surface area contributed by atoms with Crippen LogP contribution in [0, 0.1) is 0 Å². The highest BCUT2D eigenvalue weighted by Crippen LogP contribution is 2.16. The monoisotopic (exact) mass is 521 g/mol. The Hall–Kier alpha value is -2.11. The first-order valence-corrected chi connectivity index (χ1v) is 15.0. The number of hydrogen-bond donors (Lipinski definition) is 2. The highest BCUT2D eigenvalue weighted by molar-refractivity contribution is 5.80. The number of unbranched alkanes of at least 4 members (excludes halogenated alkanes) is 11. The lowest BCUT2D eigenvalue weighted by molar-refractivity contribution is -0.150. The van der Waals surface area contributed by atoms with Crippen LogP contribution >= 0.6 is 0 Å². The summed E-state index contributed by atoms with van der Waals surface area (Å²) >= 11 is 0. The van der Waals surface area contributed by atoms with E-state index in [1.54, 1.807) is 0 Å². The van der Waals surface area contributed by atoms with Gasteiger partial charge in [0.05, 0.1) is 0 Å². The number of hydrogen-bond acceptors (Lipinski definition) is 4. The molecule has 214 valence electrons. The molecule has 0 aromatic rings. The topological polar surface area (TPSA) is 92.7 Å². The van der Waals surface area contributed by atoms with Crippen molar-refractivity contribution >= 4 is 17.8 Å². The number of rotatable bonds is 26. The normalized spacial score (nSPS) is 12.3. The Labute approximate surface area is 226 Å². The van der Waals surface area contributed by atoms with Gasteiger partial charge < -0.3 is 15.2 Å². The number of amides is 1. The quantitative estimate of drug-likeness (QED) is 0.0682. The van der Waals surface area contributed by atoms with Gasteiger partial charge in [-0.25, -0.2) is 0 Å². The molecule has 0 radical (unpaired) electrons. The van der Waals surface area contributed by atoms with Crippen LogP contribution in [0.15, 0.2) is 24.3 Å². The van der Waals surface area contributed by atoms with E-state index in [-0.39, 0.29) is 24.5 Å². The minimum atomic E-state index is -1.03. The SMILES string of the molecule is CCCCC/C=C\C/C=C\CCCCCCCC(=O)OC(CCCC)CCCCCC(=O)NCC(=O)O. The molecule has 0 bridgehead atoms. The van der Waals surface area contributed by atoms with Gasteiger partial charge in [-0.15, -0.1) is 0 Å². The molecule has 0 fully saturated rings. The molecule has 0 aliphatic carbocycles. The second-order valence-corrected chi connectivity index (χ2v) is 10.0. The third-order valence-electron chi connectivity index (χ3n) is 6.38. The fraction of sp³-hybridized carbons (Fsp3) is 0.774. The number of carbonyl (C=O) groups excluding carboxylic acids is 2. The second-order valence-electron chi connectivity index (χ2n) is 10.0. The first-order chi connectivity index (χ1) is 18.0. The maximum absolute atomic E-state index is 12.3. The molecule has 0 saturated heterocycles. The van der Waals surface area contributed by atoms with Crippen LogP contribution in [0.25, 0.3) is 0 Å². The lowest BCUT2D eigenvalue weighted by Gasteiger charge is -2.18. The predicted octanol–water partition coefficient (Wildman–Crippen LogP) is 8.05. The van der Waals surface area contributed by atoms with Gasteiger partial charge in [0.15, 0.2) is 0 Å². The van der Waals surface area contributed by atoms with E-state index in [1.165, 1.54) is 38.5 Å². The molecule has 2 N–H and O–H groups in total. The highest BCUT2D eigenvalue weighted by atomic mass is 16.5. The number of carboxylic acid groups (broad SMARTS) is 1. The number of carbonyl (C=O) groups is 3. The number of ether oxygens (including phenoxy) is 1. The fourth-order valence-corrected chi connectivity index (χ4v) is 4.12. The third-order valence-corrected chi connectivity index (χ3v) is 6.38. The van der Waals surface area contributed by atoms with E-state index in [1.807, 2.05) is 0 Å². The zero-order valence-electron chi connectivity index (χ0n) is 23.8. The van der Waals surface area contributed by atoms with Gasteiger partial charge in [-0.1, -0.05) is 89.5 Å². The van der Waals surface area contributed by atoms with E-state index in [9.17, 15) is 14.4 Å². The van der Waals surface area contributed by atoms with E-state index in [0.29, 0.717) is 19.3 Å². The van der Waals surface area contributed by atoms with E-state index in [4.69, 9.17) is 9.84 Å². The zero-order valence-corrected chi connectivity index (χ0v) is 23.8. The maximum Gasteiger partial charge on any atom is 0.322 e. The molecule has 0 aromatic heterocycles. The molecular weight excluding hydrogens is 466 g/mol. The van der Waals surface area contributed by atoms with Gasteiger partial charge in [0.25, 0.3) is 0 Å². The van der Waals surface area contributed by atoms with E-state index in [2.05, 4.69) is 43.5 Å². The van der Waals surface area contributed by atoms with Crippen molar-refractivity contribution in [3.05, 3.63) is 24.3 Å². The van der Waals surface area contributed by atoms with Crippen LogP contribution in [0.4, 0.5) is 0 Å². The van der Waals surface area contributed by atoms with Crippen molar-refractivity contribution in [2.24, 2.45) is 0 Å². The lowest BCUT2D eigenvalue weighted by Crippen LogP contribution is -2.28. The molecule has 37 heavy (non-hydrogen) atoms. The first-order valence-electron chi connectivity index (χ1n) is 15.0. The van der Waals surface area contributed by atoms with Gasteiger partial charge in [-0.05, 0) is 64.2 Å². The van der Waals surface area contributed by atoms with Crippen LogP contribution in [0.5, 0.6) is 0 Å². The van der Waals surface area contributed by atoms with Crippen molar-refractivity contribution in [2.45, 2.75) is 148 Å². The molecule has 0 aliphatic rings. The molecule has 0 rings (SSSR count). The van der Waals surface area contributed by atoms with Crippen LogP contribution in [0.1, 0.15) is 142 Å². The Bertz CT molecular complexity index is 629. The van der Waals surface area contributed by atoms with Gasteiger partial charge >= 0.3 is 11.9 Å². The molecule has 0 heterocycles. The summed E-state index contributed by atoms with van der Waals surface area (Å²) in [5, 5.41) is 11.0. The Morgan fingerprint density at radius 2 is 1.27 bits per heavy atom. The van der Waals surface area contributed by atoms with Crippen molar-refractivity contribution in [3.8, 4) is 0 Å². The van der Waals surface area contributed by atoms with Crippen LogP contribution in [-0.4, -0.2) is 35.6 Å². The Morgan fingerprint density at radius 1 is 0.703 bits per heavy atom. The van der Waals surface area contributed by atoms with Crippen LogP contribution in [-0.2, 0) is 19.1 Å². The Kier molecular flexibility index (Phi) is 25.4. The molecule has 0 spiro atoms. The highest BCUT2D eigenvalue weighted by Gasteiger charge is 2.14. The number of carboxylic acids is 1. The zero-order chi connectivity index (χ0) is 27.4. The van der Waals surface area contributed by atoms with E-state index in [0.717, 1.165) is 70.6 Å². The summed E-state index contributed by atoms with van der Waals surface area (Å²) in [6.45, 7) is 4.04. The fourth-order valence-electron chi connectivity index (χ4n) is 4.12. The van der Waals surface area contributed by atoms with E-state index < -0.39 is 5.97 Å². The Balaban J connectivity index is 3.81. The second kappa shape index (κ2) is 26.9. The van der Waals surface area contributed by atoms with Crippen molar-refractivity contribution in [1.29, 1.82) is 0 Å². The van der Waals surface area contributed by atoms with Crippen molar-refractivity contribution < 1.29 is 24.2 Å². The minimum absolute atomic E-state index is 0.0359. The Morgan fingerprint density at radius 3 is 1.95 bits per heavy atom. The van der Waals surface area contributed by atoms with Crippen molar-refractivity contribution in [3.63, 3.8) is 0 Å². The van der Waals surface area contributed by atoms with Gasteiger partial charge in [-0.3, -0.25) is 14.4 Å². The molecule has 1 atom stereocenters. The molecule has 1 unspecified atom stereocenters. The summed E-state index contributed by atoms with van der Waals surface area (Å²) in [5.41, 5.74) is 0. The summed E-state index contributed by atoms with van der Waals surface area (Å²) < 4.78 is 5.77.